The fraction of sp³-hybridized carbons (Fsp3) is 0.455. The molecule has 0 saturated heterocycles. The van der Waals surface area contributed by atoms with Crippen LogP contribution in [0.1, 0.15) is 12.0 Å². The predicted octanol–water partition coefficient (Wildman–Crippen LogP) is 1.72. The van der Waals surface area contributed by atoms with Crippen molar-refractivity contribution < 1.29 is 9.15 Å². The molecular formula is C11H15NO2. The van der Waals surface area contributed by atoms with Gasteiger partial charge in [-0.25, -0.2) is 0 Å². The van der Waals surface area contributed by atoms with E-state index in [2.05, 4.69) is 11.4 Å². The van der Waals surface area contributed by atoms with Gasteiger partial charge in [0.15, 0.2) is 0 Å². The summed E-state index contributed by atoms with van der Waals surface area (Å²) in [5.74, 6) is 0. The molecule has 0 bridgehead atoms. The highest BCUT2D eigenvalue weighted by atomic mass is 16.5. The van der Waals surface area contributed by atoms with Gasteiger partial charge in [0.25, 0.3) is 0 Å². The zero-order valence-corrected chi connectivity index (χ0v) is 8.16. The number of furan rings is 1. The second-order valence-electron chi connectivity index (χ2n) is 3.44. The number of nitrogens with one attached hydrogen (secondary N) is 1. The van der Waals surface area contributed by atoms with E-state index in [9.17, 15) is 0 Å². The van der Waals surface area contributed by atoms with Crippen molar-refractivity contribution >= 4 is 0 Å². The van der Waals surface area contributed by atoms with Crippen molar-refractivity contribution in [2.75, 3.05) is 19.8 Å². The smallest absolute Gasteiger partial charge is 0.0947 e. The van der Waals surface area contributed by atoms with Gasteiger partial charge in [-0.15, -0.1) is 0 Å². The SMILES string of the molecule is C1=C(CNCc2ccoc2)COCC1. The molecular weight excluding hydrogens is 178 g/mol. The Labute approximate surface area is 83.7 Å². The Kier molecular flexibility index (Phi) is 3.38. The maximum atomic E-state index is 5.34. The predicted molar refractivity (Wildman–Crippen MR) is 53.9 cm³/mol. The molecule has 14 heavy (non-hydrogen) atoms. The fourth-order valence-corrected chi connectivity index (χ4v) is 1.49. The summed E-state index contributed by atoms with van der Waals surface area (Å²) in [6, 6.07) is 1.97. The molecule has 0 amide bonds. The highest BCUT2D eigenvalue weighted by Gasteiger charge is 2.02. The first kappa shape index (κ1) is 9.49. The molecule has 2 rings (SSSR count). The lowest BCUT2D eigenvalue weighted by atomic mass is 10.2. The van der Waals surface area contributed by atoms with Crippen LogP contribution in [0.25, 0.3) is 0 Å². The van der Waals surface area contributed by atoms with E-state index in [0.29, 0.717) is 0 Å². The van der Waals surface area contributed by atoms with Crippen molar-refractivity contribution in [1.29, 1.82) is 0 Å². The van der Waals surface area contributed by atoms with E-state index >= 15 is 0 Å². The molecule has 0 radical (unpaired) electrons. The van der Waals surface area contributed by atoms with Crippen LogP contribution in [0.15, 0.2) is 34.7 Å². The van der Waals surface area contributed by atoms with Crippen molar-refractivity contribution in [1.82, 2.24) is 5.32 Å². The summed E-state index contributed by atoms with van der Waals surface area (Å²) in [4.78, 5) is 0. The average molecular weight is 193 g/mol. The Balaban J connectivity index is 1.70. The van der Waals surface area contributed by atoms with Crippen LogP contribution < -0.4 is 5.32 Å². The highest BCUT2D eigenvalue weighted by Crippen LogP contribution is 2.05. The summed E-state index contributed by atoms with van der Waals surface area (Å²) < 4.78 is 10.3. The Bertz CT molecular complexity index is 290. The van der Waals surface area contributed by atoms with Crippen LogP contribution in [0.4, 0.5) is 0 Å². The van der Waals surface area contributed by atoms with Gasteiger partial charge in [0.05, 0.1) is 25.7 Å². The zero-order valence-electron chi connectivity index (χ0n) is 8.16. The van der Waals surface area contributed by atoms with Gasteiger partial charge in [0.1, 0.15) is 0 Å². The van der Waals surface area contributed by atoms with Gasteiger partial charge in [-0.05, 0) is 18.1 Å². The van der Waals surface area contributed by atoms with Gasteiger partial charge in [-0.2, -0.15) is 0 Å². The van der Waals surface area contributed by atoms with E-state index in [1.54, 1.807) is 12.5 Å². The van der Waals surface area contributed by atoms with E-state index in [1.165, 1.54) is 11.1 Å². The number of ether oxygens (including phenoxy) is 1. The van der Waals surface area contributed by atoms with Crippen LogP contribution in [0.3, 0.4) is 0 Å². The van der Waals surface area contributed by atoms with Crippen LogP contribution in [0, 0.1) is 0 Å². The second-order valence-corrected chi connectivity index (χ2v) is 3.44. The Hall–Kier alpha value is -1.06. The maximum absolute atomic E-state index is 5.34. The van der Waals surface area contributed by atoms with Gasteiger partial charge in [-0.3, -0.25) is 0 Å². The van der Waals surface area contributed by atoms with E-state index in [1.807, 2.05) is 6.07 Å². The van der Waals surface area contributed by atoms with Gasteiger partial charge in [0.2, 0.25) is 0 Å². The number of rotatable bonds is 4. The third kappa shape index (κ3) is 2.72. The highest BCUT2D eigenvalue weighted by molar-refractivity contribution is 5.09. The summed E-state index contributed by atoms with van der Waals surface area (Å²) in [6.45, 7) is 3.41. The molecule has 0 aliphatic carbocycles. The van der Waals surface area contributed by atoms with E-state index < -0.39 is 0 Å². The first-order valence-corrected chi connectivity index (χ1v) is 4.92. The molecule has 0 aromatic carbocycles. The summed E-state index contributed by atoms with van der Waals surface area (Å²) in [7, 11) is 0. The standard InChI is InChI=1S/C11H15NO2/c1-2-10(8-13-4-1)6-12-7-11-3-5-14-9-11/h2-3,5,9,12H,1,4,6-8H2. The summed E-state index contributed by atoms with van der Waals surface area (Å²) in [5.41, 5.74) is 2.53. The van der Waals surface area contributed by atoms with Gasteiger partial charge < -0.3 is 14.5 Å². The lowest BCUT2D eigenvalue weighted by molar-refractivity contribution is 0.149. The van der Waals surface area contributed by atoms with Crippen molar-refractivity contribution in [3.8, 4) is 0 Å². The van der Waals surface area contributed by atoms with Crippen LogP contribution in [-0.2, 0) is 11.3 Å². The lowest BCUT2D eigenvalue weighted by Gasteiger charge is -2.13. The number of hydrogen-bond acceptors (Lipinski definition) is 3. The molecule has 0 unspecified atom stereocenters. The van der Waals surface area contributed by atoms with Gasteiger partial charge in [0, 0.05) is 18.7 Å². The first-order valence-electron chi connectivity index (χ1n) is 4.92. The summed E-state index contributed by atoms with van der Waals surface area (Å²) in [5, 5.41) is 3.35. The van der Waals surface area contributed by atoms with Crippen molar-refractivity contribution in [3.63, 3.8) is 0 Å². The third-order valence-corrected chi connectivity index (χ3v) is 2.24. The minimum atomic E-state index is 0.776. The molecule has 1 aliphatic heterocycles. The van der Waals surface area contributed by atoms with E-state index in [0.717, 1.165) is 32.7 Å². The molecule has 3 nitrogen and oxygen atoms in total. The fourth-order valence-electron chi connectivity index (χ4n) is 1.49. The molecule has 76 valence electrons. The van der Waals surface area contributed by atoms with Crippen LogP contribution >= 0.6 is 0 Å². The largest absolute Gasteiger partial charge is 0.472 e. The molecule has 1 aliphatic rings. The Morgan fingerprint density at radius 3 is 3.07 bits per heavy atom. The topological polar surface area (TPSA) is 34.4 Å². The molecule has 0 spiro atoms. The summed E-state index contributed by atoms with van der Waals surface area (Å²) >= 11 is 0. The lowest BCUT2D eigenvalue weighted by Crippen LogP contribution is -2.20. The monoisotopic (exact) mass is 193 g/mol. The third-order valence-electron chi connectivity index (χ3n) is 2.24. The molecule has 1 N–H and O–H groups in total. The van der Waals surface area contributed by atoms with Crippen molar-refractivity contribution in [3.05, 3.63) is 35.8 Å². The summed E-state index contributed by atoms with van der Waals surface area (Å²) in [6.07, 6.45) is 6.76. The van der Waals surface area contributed by atoms with Crippen molar-refractivity contribution in [2.45, 2.75) is 13.0 Å². The molecule has 3 heteroatoms. The minimum Gasteiger partial charge on any atom is -0.472 e. The van der Waals surface area contributed by atoms with Crippen LogP contribution in [0.2, 0.25) is 0 Å². The maximum Gasteiger partial charge on any atom is 0.0947 e. The molecule has 0 saturated carbocycles. The quantitative estimate of drug-likeness (QED) is 0.739. The second kappa shape index (κ2) is 4.98. The zero-order chi connectivity index (χ0) is 9.64. The van der Waals surface area contributed by atoms with Gasteiger partial charge >= 0.3 is 0 Å². The molecule has 1 aromatic rings. The average Bonchev–Trinajstić information content (AvgIpc) is 2.72. The van der Waals surface area contributed by atoms with Crippen LogP contribution in [0.5, 0.6) is 0 Å². The molecule has 2 heterocycles. The Morgan fingerprint density at radius 2 is 2.36 bits per heavy atom. The molecule has 1 aromatic heterocycles. The minimum absolute atomic E-state index is 0.776. The van der Waals surface area contributed by atoms with E-state index in [4.69, 9.17) is 9.15 Å². The van der Waals surface area contributed by atoms with Gasteiger partial charge in [-0.1, -0.05) is 6.08 Å². The van der Waals surface area contributed by atoms with Crippen LogP contribution in [-0.4, -0.2) is 19.8 Å². The number of hydrogen-bond donors (Lipinski definition) is 1. The Morgan fingerprint density at radius 1 is 1.36 bits per heavy atom. The van der Waals surface area contributed by atoms with E-state index in [-0.39, 0.29) is 0 Å². The molecule has 0 atom stereocenters. The van der Waals surface area contributed by atoms with Crippen molar-refractivity contribution in [2.24, 2.45) is 0 Å². The first-order chi connectivity index (χ1) is 6.95. The molecule has 0 fully saturated rings. The normalized spacial score (nSPS) is 16.7.